The monoisotopic (exact) mass is 1860 g/mol. The topological polar surface area (TPSA) is 191 Å². The number of rotatable bonds is 7. The Morgan fingerprint density at radius 3 is 1.36 bits per heavy atom. The first-order valence-electron chi connectivity index (χ1n) is 24.2. The molecule has 14 nitrogen and oxygen atoms in total. The van der Waals surface area contributed by atoms with Gasteiger partial charge in [-0.15, -0.1) is 84.4 Å². The molecule has 0 aliphatic heterocycles. The standard InChI is InChI=1S/2C13H8FN2.C11H6F2N.C10H9N2.C6H5NO2.2C5H8O2.4Ir/c2*14-11-5-7-12(8-6-11)16-13-4-2-1-3-10(13)9-15-16;12-8-4-5-9(10(13)7-8)11-3-1-2-6-14-11;1-12-8-7-11-10(12)9-5-3-2-4-6-9;8-6(9)5-3-1-2-4-7-5;2*1-4(6)3-5(2)7;;;;/h2*1-7,9H;1-4,6-7H;2-5,7-8H,1H3;1-4H,(H,8,9);2*3,6H,1-2H3;;;;/q4*-1;;;;;;;. The number of aliphatic hydroxyl groups is 2. The fourth-order valence-corrected chi connectivity index (χ4v) is 6.77. The van der Waals surface area contributed by atoms with Gasteiger partial charge in [0.2, 0.25) is 0 Å². The molecule has 22 heteroatoms. The summed E-state index contributed by atoms with van der Waals surface area (Å²) in [6, 6.07) is 55.5. The number of aromatic carboxylic acids is 1. The maximum atomic E-state index is 13.2. The molecule has 6 aromatic carbocycles. The van der Waals surface area contributed by atoms with Gasteiger partial charge in [-0.2, -0.15) is 22.3 Å². The zero-order valence-electron chi connectivity index (χ0n) is 45.6. The molecule has 0 atom stereocenters. The minimum absolute atomic E-state index is 0. The molecule has 85 heavy (non-hydrogen) atoms. The van der Waals surface area contributed by atoms with Crippen molar-refractivity contribution in [3.63, 3.8) is 0 Å². The number of aliphatic hydroxyl groups excluding tert-OH is 2. The minimum atomic E-state index is -0.990. The van der Waals surface area contributed by atoms with Gasteiger partial charge < -0.3 is 24.9 Å². The molecule has 5 heterocycles. The third-order valence-electron chi connectivity index (χ3n) is 10.2. The molecule has 0 saturated carbocycles. The van der Waals surface area contributed by atoms with Crippen molar-refractivity contribution in [3.8, 4) is 34.0 Å². The molecule has 0 bridgehead atoms. The van der Waals surface area contributed by atoms with Crippen LogP contribution in [0.25, 0.3) is 55.8 Å². The summed E-state index contributed by atoms with van der Waals surface area (Å²) in [6.07, 6.45) is 12.6. The van der Waals surface area contributed by atoms with E-state index in [-0.39, 0.29) is 126 Å². The van der Waals surface area contributed by atoms with Crippen molar-refractivity contribution in [2.45, 2.75) is 27.7 Å². The molecule has 448 valence electrons. The second-order valence-electron chi connectivity index (χ2n) is 16.7. The summed E-state index contributed by atoms with van der Waals surface area (Å²) >= 11 is 0. The normalized spacial score (nSPS) is 9.99. The maximum absolute atomic E-state index is 13.2. The molecule has 0 unspecified atom stereocenters. The zero-order chi connectivity index (χ0) is 58.7. The number of ketones is 2. The van der Waals surface area contributed by atoms with Crippen molar-refractivity contribution >= 4 is 39.3 Å². The summed E-state index contributed by atoms with van der Waals surface area (Å²) in [5.41, 5.74) is 5.21. The maximum Gasteiger partial charge on any atom is 0.354 e. The van der Waals surface area contributed by atoms with Gasteiger partial charge >= 0.3 is 5.97 Å². The summed E-state index contributed by atoms with van der Waals surface area (Å²) in [4.78, 5) is 41.9. The van der Waals surface area contributed by atoms with Gasteiger partial charge in [0, 0.05) is 158 Å². The largest absolute Gasteiger partial charge is 0.512 e. The van der Waals surface area contributed by atoms with E-state index in [9.17, 15) is 31.9 Å². The summed E-state index contributed by atoms with van der Waals surface area (Å²) in [6.45, 7) is 5.70. The van der Waals surface area contributed by atoms with Crippen LogP contribution < -0.4 is 0 Å². The molecule has 4 radical (unpaired) electrons. The molecular formula is C63H52F4Ir4N8O6-4. The number of carboxylic acid groups (broad SMARTS) is 1. The van der Waals surface area contributed by atoms with E-state index in [2.05, 4.69) is 49.4 Å². The van der Waals surface area contributed by atoms with Gasteiger partial charge in [-0.1, -0.05) is 66.2 Å². The number of halogens is 4. The van der Waals surface area contributed by atoms with Gasteiger partial charge in [0.1, 0.15) is 5.69 Å². The Kier molecular flexibility index (Phi) is 34.9. The summed E-state index contributed by atoms with van der Waals surface area (Å²) in [7, 11) is 1.98. The van der Waals surface area contributed by atoms with Crippen LogP contribution >= 0.6 is 0 Å². The Balaban J connectivity index is 0.000000503. The average molecular weight is 1860 g/mol. The summed E-state index contributed by atoms with van der Waals surface area (Å²) in [5.74, 6) is -2.03. The van der Waals surface area contributed by atoms with Gasteiger partial charge in [0.15, 0.2) is 11.6 Å². The van der Waals surface area contributed by atoms with Gasteiger partial charge in [-0.25, -0.2) is 9.78 Å². The van der Waals surface area contributed by atoms with Crippen LogP contribution in [0.3, 0.4) is 0 Å². The van der Waals surface area contributed by atoms with Crippen LogP contribution in [0.4, 0.5) is 17.6 Å². The molecule has 0 aliphatic rings. The van der Waals surface area contributed by atoms with E-state index in [1.54, 1.807) is 76.6 Å². The molecule has 0 fully saturated rings. The van der Waals surface area contributed by atoms with Gasteiger partial charge in [0.25, 0.3) is 0 Å². The number of aryl methyl sites for hydroxylation is 1. The number of carbonyl (C=O) groups excluding carboxylic acids is 2. The fraction of sp³-hybridized carbons (Fsp3) is 0.0794. The Bertz CT molecular complexity index is 3670. The summed E-state index contributed by atoms with van der Waals surface area (Å²) in [5, 5.41) is 35.7. The number of hydrogen-bond acceptors (Lipinski definition) is 10. The van der Waals surface area contributed by atoms with Crippen molar-refractivity contribution in [3.05, 3.63) is 272 Å². The van der Waals surface area contributed by atoms with Gasteiger partial charge in [0.05, 0.1) is 40.8 Å². The van der Waals surface area contributed by atoms with Crippen molar-refractivity contribution in [1.82, 2.24) is 39.1 Å². The number of para-hydroxylation sites is 2. The van der Waals surface area contributed by atoms with Gasteiger partial charge in [-0.3, -0.25) is 41.5 Å². The van der Waals surface area contributed by atoms with Crippen molar-refractivity contribution < 1.29 is 128 Å². The number of imidazole rings is 1. The number of hydrogen-bond donors (Lipinski definition) is 3. The predicted octanol–water partition coefficient (Wildman–Crippen LogP) is 13.5. The number of nitrogens with zero attached hydrogens (tertiary/aromatic N) is 8. The van der Waals surface area contributed by atoms with Gasteiger partial charge in [-0.05, 0) is 75.1 Å². The minimum Gasteiger partial charge on any atom is -0.512 e. The molecular weight excluding hydrogens is 1810 g/mol. The van der Waals surface area contributed by atoms with E-state index in [4.69, 9.17) is 15.3 Å². The first kappa shape index (κ1) is 75.0. The van der Waals surface area contributed by atoms with Crippen LogP contribution in [0.1, 0.15) is 38.2 Å². The first-order valence-corrected chi connectivity index (χ1v) is 24.2. The molecule has 0 aliphatic carbocycles. The number of fused-ring (bicyclic) bond motifs is 2. The number of allylic oxidation sites excluding steroid dienone is 4. The molecule has 0 spiro atoms. The van der Waals surface area contributed by atoms with E-state index in [0.29, 0.717) is 5.69 Å². The third-order valence-corrected chi connectivity index (χ3v) is 10.2. The predicted molar refractivity (Wildman–Crippen MR) is 301 cm³/mol. The SMILES string of the molecule is CC(=O)C=C(C)O.CC(=O)C=C(C)O.Cn1ccnc1-c1[c-]cccc1.Fc1c[c-]c(-c2ccccn2)c(F)c1.Fc1c[c-]c(-n2ncc3ccccc32)cc1.Fc1c[c-]c(-n2ncc3ccccc32)cc1.O=C(O)c1ccccn1.[Ir].[Ir].[Ir].[Ir]. The van der Waals surface area contributed by atoms with Crippen LogP contribution in [-0.4, -0.2) is 71.9 Å². The Labute approximate surface area is 542 Å². The number of aromatic nitrogens is 8. The fourth-order valence-electron chi connectivity index (χ4n) is 6.77. The molecule has 3 N–H and O–H groups in total. The average Bonchev–Trinajstić information content (AvgIpc) is 3.71. The van der Waals surface area contributed by atoms with E-state index >= 15 is 0 Å². The van der Waals surface area contributed by atoms with Crippen LogP contribution in [0.5, 0.6) is 0 Å². The van der Waals surface area contributed by atoms with Crippen LogP contribution in [0.15, 0.2) is 219 Å². The molecule has 11 aromatic rings. The molecule has 0 amide bonds. The van der Waals surface area contributed by atoms with Crippen LogP contribution in [0.2, 0.25) is 0 Å². The first-order chi connectivity index (χ1) is 38.9. The number of benzene rings is 6. The second-order valence-corrected chi connectivity index (χ2v) is 16.7. The second kappa shape index (κ2) is 39.5. The number of carbonyl (C=O) groups is 3. The van der Waals surface area contributed by atoms with E-state index < -0.39 is 17.6 Å². The quantitative estimate of drug-likeness (QED) is 0.0595. The number of carboxylic acids is 1. The zero-order valence-corrected chi connectivity index (χ0v) is 55.2. The molecule has 0 saturated heterocycles. The Hall–Kier alpha value is -8.02. The van der Waals surface area contributed by atoms with E-state index in [0.717, 1.165) is 56.7 Å². The van der Waals surface area contributed by atoms with Crippen LogP contribution in [0, 0.1) is 47.5 Å². The third kappa shape index (κ3) is 25.8. The van der Waals surface area contributed by atoms with Crippen molar-refractivity contribution in [1.29, 1.82) is 0 Å². The van der Waals surface area contributed by atoms with E-state index in [1.165, 1.54) is 76.4 Å². The molecule has 5 aromatic heterocycles. The Morgan fingerprint density at radius 1 is 0.518 bits per heavy atom. The number of pyridine rings is 2. The van der Waals surface area contributed by atoms with Crippen LogP contribution in [-0.2, 0) is 97.1 Å². The summed E-state index contributed by atoms with van der Waals surface area (Å²) < 4.78 is 56.8. The smallest absolute Gasteiger partial charge is 0.354 e. The van der Waals surface area contributed by atoms with Crippen molar-refractivity contribution in [2.75, 3.05) is 0 Å². The van der Waals surface area contributed by atoms with E-state index in [1.807, 2.05) is 90.6 Å². The Morgan fingerprint density at radius 2 is 1.00 bits per heavy atom. The van der Waals surface area contributed by atoms with Crippen molar-refractivity contribution in [2.24, 2.45) is 7.05 Å². The molecule has 11 rings (SSSR count).